The van der Waals surface area contributed by atoms with Crippen molar-refractivity contribution in [2.45, 2.75) is 59.4 Å². The van der Waals surface area contributed by atoms with Crippen LogP contribution in [-0.2, 0) is 14.3 Å². The molecule has 2 N–H and O–H groups in total. The summed E-state index contributed by atoms with van der Waals surface area (Å²) in [6.07, 6.45) is 3.07. The lowest BCUT2D eigenvalue weighted by Gasteiger charge is -2.21. The third kappa shape index (κ3) is 10.5. The fourth-order valence-electron chi connectivity index (χ4n) is 1.48. The summed E-state index contributed by atoms with van der Waals surface area (Å²) in [4.78, 5) is 22.6. The summed E-state index contributed by atoms with van der Waals surface area (Å²) in [5.74, 6) is -1.36. The van der Waals surface area contributed by atoms with Crippen molar-refractivity contribution in [2.75, 3.05) is 13.2 Å². The third-order valence-corrected chi connectivity index (χ3v) is 2.69. The van der Waals surface area contributed by atoms with Gasteiger partial charge in [0.2, 0.25) is 5.91 Å². The molecule has 0 heterocycles. The number of hydrogen-bond acceptors (Lipinski definition) is 3. The van der Waals surface area contributed by atoms with Crippen molar-refractivity contribution in [2.24, 2.45) is 5.41 Å². The first-order valence-corrected chi connectivity index (χ1v) is 6.86. The summed E-state index contributed by atoms with van der Waals surface area (Å²) in [5, 5.41) is 11.6. The largest absolute Gasteiger partial charge is 0.480 e. The number of carboxylic acids is 1. The standard InChI is InChI=1S/C14H27NO4/c1-5-6-9-19-10-12(16)15-11(13(17)18)7-8-14(2,3)4/h11H,5-10H2,1-4H3,(H,15,16)(H,17,18). The monoisotopic (exact) mass is 273 g/mol. The molecule has 0 bridgehead atoms. The lowest BCUT2D eigenvalue weighted by molar-refractivity contribution is -0.142. The minimum atomic E-state index is -0.994. The van der Waals surface area contributed by atoms with Gasteiger partial charge in [0.25, 0.3) is 0 Å². The molecule has 0 aromatic carbocycles. The summed E-state index contributed by atoms with van der Waals surface area (Å²) in [5.41, 5.74) is 0.0516. The highest BCUT2D eigenvalue weighted by molar-refractivity contribution is 5.84. The zero-order valence-corrected chi connectivity index (χ0v) is 12.5. The Morgan fingerprint density at radius 1 is 1.32 bits per heavy atom. The first kappa shape index (κ1) is 17.9. The van der Waals surface area contributed by atoms with Gasteiger partial charge >= 0.3 is 5.97 Å². The number of nitrogens with one attached hydrogen (secondary N) is 1. The highest BCUT2D eigenvalue weighted by Crippen LogP contribution is 2.21. The Morgan fingerprint density at radius 2 is 1.95 bits per heavy atom. The molecule has 0 aliphatic carbocycles. The second-order valence-electron chi connectivity index (χ2n) is 5.96. The van der Waals surface area contributed by atoms with Crippen LogP contribution in [0, 0.1) is 5.41 Å². The number of amides is 1. The number of carbonyl (C=O) groups excluding carboxylic acids is 1. The summed E-state index contributed by atoms with van der Waals surface area (Å²) in [6, 6.07) is -0.832. The van der Waals surface area contributed by atoms with Gasteiger partial charge in [-0.3, -0.25) is 4.79 Å². The van der Waals surface area contributed by atoms with Crippen LogP contribution in [0.3, 0.4) is 0 Å². The molecule has 0 aliphatic rings. The third-order valence-electron chi connectivity index (χ3n) is 2.69. The lowest BCUT2D eigenvalue weighted by Crippen LogP contribution is -2.43. The van der Waals surface area contributed by atoms with Gasteiger partial charge in [-0.2, -0.15) is 0 Å². The minimum Gasteiger partial charge on any atom is -0.480 e. The van der Waals surface area contributed by atoms with Crippen LogP contribution in [0.2, 0.25) is 0 Å². The van der Waals surface area contributed by atoms with E-state index < -0.39 is 12.0 Å². The van der Waals surface area contributed by atoms with Crippen molar-refractivity contribution in [1.82, 2.24) is 5.32 Å². The number of rotatable bonds is 9. The van der Waals surface area contributed by atoms with Gasteiger partial charge in [0.05, 0.1) is 0 Å². The first-order chi connectivity index (χ1) is 8.76. The van der Waals surface area contributed by atoms with Crippen molar-refractivity contribution >= 4 is 11.9 Å². The Labute approximate surface area is 115 Å². The van der Waals surface area contributed by atoms with Crippen molar-refractivity contribution < 1.29 is 19.4 Å². The van der Waals surface area contributed by atoms with Crippen molar-refractivity contribution in [3.8, 4) is 0 Å². The van der Waals surface area contributed by atoms with Gasteiger partial charge in [-0.05, 0) is 24.7 Å². The molecule has 19 heavy (non-hydrogen) atoms. The van der Waals surface area contributed by atoms with Crippen LogP contribution < -0.4 is 5.32 Å². The topological polar surface area (TPSA) is 75.6 Å². The number of ether oxygens (including phenoxy) is 1. The van der Waals surface area contributed by atoms with Crippen LogP contribution >= 0.6 is 0 Å². The highest BCUT2D eigenvalue weighted by atomic mass is 16.5. The maximum atomic E-state index is 11.5. The van der Waals surface area contributed by atoms with Crippen molar-refractivity contribution in [1.29, 1.82) is 0 Å². The van der Waals surface area contributed by atoms with E-state index in [2.05, 4.69) is 5.32 Å². The fraction of sp³-hybridized carbons (Fsp3) is 0.857. The average molecular weight is 273 g/mol. The molecule has 0 aromatic rings. The Bertz CT molecular complexity index is 284. The molecule has 0 spiro atoms. The second kappa shape index (κ2) is 8.91. The molecule has 0 aliphatic heterocycles. The van der Waals surface area contributed by atoms with Crippen LogP contribution in [0.4, 0.5) is 0 Å². The van der Waals surface area contributed by atoms with Crippen LogP contribution in [0.25, 0.3) is 0 Å². The van der Waals surface area contributed by atoms with Crippen molar-refractivity contribution in [3.63, 3.8) is 0 Å². The van der Waals surface area contributed by atoms with Gasteiger partial charge in [0.1, 0.15) is 12.6 Å². The van der Waals surface area contributed by atoms with Crippen LogP contribution in [0.15, 0.2) is 0 Å². The normalized spacial score (nSPS) is 13.1. The Hall–Kier alpha value is -1.10. The molecule has 0 saturated heterocycles. The molecular weight excluding hydrogens is 246 g/mol. The van der Waals surface area contributed by atoms with E-state index in [1.165, 1.54) is 0 Å². The fourth-order valence-corrected chi connectivity index (χ4v) is 1.48. The van der Waals surface area contributed by atoms with E-state index in [9.17, 15) is 9.59 Å². The van der Waals surface area contributed by atoms with E-state index in [0.29, 0.717) is 13.0 Å². The lowest BCUT2D eigenvalue weighted by atomic mass is 9.88. The molecule has 112 valence electrons. The molecule has 0 fully saturated rings. The van der Waals surface area contributed by atoms with E-state index in [-0.39, 0.29) is 17.9 Å². The summed E-state index contributed by atoms with van der Waals surface area (Å²) in [6.45, 7) is 8.63. The molecule has 1 unspecified atom stereocenters. The van der Waals surface area contributed by atoms with Gasteiger partial charge in [-0.1, -0.05) is 34.1 Å². The highest BCUT2D eigenvalue weighted by Gasteiger charge is 2.22. The number of aliphatic carboxylic acids is 1. The average Bonchev–Trinajstić information content (AvgIpc) is 2.28. The summed E-state index contributed by atoms with van der Waals surface area (Å²) in [7, 11) is 0. The predicted molar refractivity (Wildman–Crippen MR) is 74.0 cm³/mol. The van der Waals surface area contributed by atoms with Gasteiger partial charge in [-0.15, -0.1) is 0 Å². The number of carbonyl (C=O) groups is 2. The van der Waals surface area contributed by atoms with E-state index in [4.69, 9.17) is 9.84 Å². The van der Waals surface area contributed by atoms with E-state index in [1.54, 1.807) is 0 Å². The van der Waals surface area contributed by atoms with E-state index in [0.717, 1.165) is 19.3 Å². The summed E-state index contributed by atoms with van der Waals surface area (Å²) < 4.78 is 5.16. The maximum Gasteiger partial charge on any atom is 0.326 e. The van der Waals surface area contributed by atoms with E-state index in [1.807, 2.05) is 27.7 Å². The molecule has 0 saturated carbocycles. The molecule has 0 aromatic heterocycles. The molecule has 5 heteroatoms. The first-order valence-electron chi connectivity index (χ1n) is 6.86. The number of unbranched alkanes of at least 4 members (excludes halogenated alkanes) is 1. The van der Waals surface area contributed by atoms with Gasteiger partial charge in [-0.25, -0.2) is 4.79 Å². The second-order valence-corrected chi connectivity index (χ2v) is 5.96. The number of carboxylic acid groups (broad SMARTS) is 1. The van der Waals surface area contributed by atoms with Gasteiger partial charge in [0.15, 0.2) is 0 Å². The summed E-state index contributed by atoms with van der Waals surface area (Å²) >= 11 is 0. The predicted octanol–water partition coefficient (Wildman–Crippen LogP) is 2.20. The Kier molecular flexibility index (Phi) is 8.39. The zero-order chi connectivity index (χ0) is 14.9. The molecule has 5 nitrogen and oxygen atoms in total. The van der Waals surface area contributed by atoms with Crippen LogP contribution in [0.1, 0.15) is 53.4 Å². The van der Waals surface area contributed by atoms with E-state index >= 15 is 0 Å². The van der Waals surface area contributed by atoms with Crippen LogP contribution in [0.5, 0.6) is 0 Å². The minimum absolute atomic E-state index is 0.0516. The van der Waals surface area contributed by atoms with Crippen LogP contribution in [-0.4, -0.2) is 36.2 Å². The molecule has 1 atom stereocenters. The SMILES string of the molecule is CCCCOCC(=O)NC(CCC(C)(C)C)C(=O)O. The zero-order valence-electron chi connectivity index (χ0n) is 12.5. The Balaban J connectivity index is 4.05. The van der Waals surface area contributed by atoms with Crippen molar-refractivity contribution in [3.05, 3.63) is 0 Å². The molecule has 0 rings (SSSR count). The number of hydrogen-bond donors (Lipinski definition) is 2. The molecule has 0 radical (unpaired) electrons. The quantitative estimate of drug-likeness (QED) is 0.631. The van der Waals surface area contributed by atoms with Gasteiger partial charge < -0.3 is 15.2 Å². The molecular formula is C14H27NO4. The molecule has 1 amide bonds. The maximum absolute atomic E-state index is 11.5. The van der Waals surface area contributed by atoms with Gasteiger partial charge in [0, 0.05) is 6.61 Å². The smallest absolute Gasteiger partial charge is 0.326 e. The Morgan fingerprint density at radius 3 is 2.42 bits per heavy atom.